The quantitative estimate of drug-likeness (QED) is 0.760. The van der Waals surface area contributed by atoms with Crippen molar-refractivity contribution in [1.82, 2.24) is 4.90 Å². The number of hydrogen-bond donors (Lipinski definition) is 0. The molecular formula is C15H20BrNO4. The maximum absolute atomic E-state index is 12.6. The molecule has 0 unspecified atom stereocenters. The molecule has 0 atom stereocenters. The lowest BCUT2D eigenvalue weighted by molar-refractivity contribution is -0.153. The summed E-state index contributed by atoms with van der Waals surface area (Å²) in [7, 11) is 3.11. The van der Waals surface area contributed by atoms with Gasteiger partial charge in [0.1, 0.15) is 11.3 Å². The van der Waals surface area contributed by atoms with Gasteiger partial charge in [-0.1, -0.05) is 0 Å². The third kappa shape index (κ3) is 3.75. The lowest BCUT2D eigenvalue weighted by Crippen LogP contribution is -2.51. The molecule has 0 aliphatic carbocycles. The van der Waals surface area contributed by atoms with E-state index in [4.69, 9.17) is 9.47 Å². The van der Waals surface area contributed by atoms with Gasteiger partial charge in [-0.3, -0.25) is 4.79 Å². The summed E-state index contributed by atoms with van der Waals surface area (Å²) in [5.41, 5.74) is -0.635. The lowest BCUT2D eigenvalue weighted by atomic mass is 10.0. The number of likely N-dealkylation sites (N-methyl/N-ethyl adjacent to an activating group) is 1. The van der Waals surface area contributed by atoms with Crippen LogP contribution in [0.4, 0.5) is 0 Å². The first-order valence-electron chi connectivity index (χ1n) is 6.54. The summed E-state index contributed by atoms with van der Waals surface area (Å²) in [5, 5.41) is 0. The van der Waals surface area contributed by atoms with Gasteiger partial charge in [0.05, 0.1) is 19.3 Å². The van der Waals surface area contributed by atoms with Crippen molar-refractivity contribution in [2.24, 2.45) is 0 Å². The maximum Gasteiger partial charge on any atom is 0.331 e. The lowest BCUT2D eigenvalue weighted by Gasteiger charge is -2.33. The van der Waals surface area contributed by atoms with Gasteiger partial charge in [-0.05, 0) is 54.9 Å². The van der Waals surface area contributed by atoms with Gasteiger partial charge in [-0.2, -0.15) is 0 Å². The molecular weight excluding hydrogens is 338 g/mol. The van der Waals surface area contributed by atoms with Crippen LogP contribution < -0.4 is 4.74 Å². The first kappa shape index (κ1) is 17.5. The van der Waals surface area contributed by atoms with Crippen LogP contribution in [0.25, 0.3) is 0 Å². The van der Waals surface area contributed by atoms with Crippen molar-refractivity contribution >= 4 is 27.8 Å². The van der Waals surface area contributed by atoms with E-state index < -0.39 is 11.5 Å². The van der Waals surface area contributed by atoms with Gasteiger partial charge in [0.2, 0.25) is 0 Å². The molecule has 0 bridgehead atoms. The number of esters is 1. The van der Waals surface area contributed by atoms with E-state index in [9.17, 15) is 9.59 Å². The number of rotatable bonds is 5. The van der Waals surface area contributed by atoms with Crippen molar-refractivity contribution in [3.05, 3.63) is 28.2 Å². The van der Waals surface area contributed by atoms with Crippen LogP contribution in [0, 0.1) is 0 Å². The number of hydrogen-bond acceptors (Lipinski definition) is 4. The summed E-state index contributed by atoms with van der Waals surface area (Å²) in [4.78, 5) is 26.0. The molecule has 0 spiro atoms. The van der Waals surface area contributed by atoms with Gasteiger partial charge in [-0.15, -0.1) is 0 Å². The molecule has 1 aromatic rings. The Labute approximate surface area is 133 Å². The molecule has 1 amide bonds. The summed E-state index contributed by atoms with van der Waals surface area (Å²) in [6.07, 6.45) is 0. The number of ether oxygens (including phenoxy) is 2. The Morgan fingerprint density at radius 3 is 2.48 bits per heavy atom. The molecule has 1 aromatic carbocycles. The highest BCUT2D eigenvalue weighted by atomic mass is 79.9. The molecule has 0 radical (unpaired) electrons. The van der Waals surface area contributed by atoms with Crippen LogP contribution in [0.3, 0.4) is 0 Å². The van der Waals surface area contributed by atoms with Gasteiger partial charge < -0.3 is 14.4 Å². The van der Waals surface area contributed by atoms with Gasteiger partial charge in [-0.25, -0.2) is 4.79 Å². The second kappa shape index (κ2) is 6.93. The summed E-state index contributed by atoms with van der Waals surface area (Å²) in [6, 6.07) is 5.11. The van der Waals surface area contributed by atoms with Gasteiger partial charge in [0, 0.05) is 11.5 Å². The molecule has 1 rings (SSSR count). The maximum atomic E-state index is 12.6. The highest BCUT2D eigenvalue weighted by Crippen LogP contribution is 2.26. The minimum atomic E-state index is -1.06. The predicted octanol–water partition coefficient (Wildman–Crippen LogP) is 2.87. The molecule has 0 heterocycles. The fourth-order valence-corrected chi connectivity index (χ4v) is 2.09. The van der Waals surface area contributed by atoms with Crippen LogP contribution in [-0.4, -0.2) is 43.1 Å². The highest BCUT2D eigenvalue weighted by Gasteiger charge is 2.37. The third-order valence-corrected chi connectivity index (χ3v) is 4.01. The van der Waals surface area contributed by atoms with Crippen LogP contribution in [0.2, 0.25) is 0 Å². The summed E-state index contributed by atoms with van der Waals surface area (Å²) < 4.78 is 10.8. The van der Waals surface area contributed by atoms with Crippen molar-refractivity contribution in [3.63, 3.8) is 0 Å². The van der Waals surface area contributed by atoms with Crippen molar-refractivity contribution in [3.8, 4) is 5.75 Å². The fraction of sp³-hybridized carbons (Fsp3) is 0.467. The predicted molar refractivity (Wildman–Crippen MR) is 83.5 cm³/mol. The zero-order chi connectivity index (χ0) is 16.2. The number of carbonyl (C=O) groups excluding carboxylic acids is 2. The largest absolute Gasteiger partial charge is 0.497 e. The highest BCUT2D eigenvalue weighted by molar-refractivity contribution is 9.10. The fourth-order valence-electron chi connectivity index (χ4n) is 1.67. The molecule has 5 nitrogen and oxygen atoms in total. The van der Waals surface area contributed by atoms with Crippen molar-refractivity contribution in [2.75, 3.05) is 20.8 Å². The summed E-state index contributed by atoms with van der Waals surface area (Å²) in [5.74, 6) is -0.164. The first-order chi connectivity index (χ1) is 9.75. The number of carbonyl (C=O) groups is 2. The molecule has 116 valence electrons. The van der Waals surface area contributed by atoms with E-state index in [1.165, 1.54) is 12.0 Å². The van der Waals surface area contributed by atoms with Crippen LogP contribution in [0.5, 0.6) is 5.75 Å². The number of benzene rings is 1. The standard InChI is InChI=1S/C15H20BrNO4/c1-6-21-14(19)15(2,3)17(4)13(18)11-9-10(20-5)7-8-12(11)16/h7-9H,6H2,1-5H3. The Balaban J connectivity index is 3.10. The smallest absolute Gasteiger partial charge is 0.331 e. The van der Waals surface area contributed by atoms with E-state index in [0.29, 0.717) is 15.8 Å². The second-order valence-corrected chi connectivity index (χ2v) is 5.84. The molecule has 0 N–H and O–H groups in total. The van der Waals surface area contributed by atoms with E-state index in [-0.39, 0.29) is 12.5 Å². The molecule has 0 aliphatic heterocycles. The zero-order valence-electron chi connectivity index (χ0n) is 12.9. The van der Waals surface area contributed by atoms with Crippen LogP contribution in [-0.2, 0) is 9.53 Å². The van der Waals surface area contributed by atoms with Crippen molar-refractivity contribution in [2.45, 2.75) is 26.3 Å². The number of nitrogens with zero attached hydrogens (tertiary/aromatic N) is 1. The Hall–Kier alpha value is -1.56. The minimum absolute atomic E-state index is 0.271. The molecule has 0 aliphatic rings. The molecule has 0 saturated heterocycles. The first-order valence-corrected chi connectivity index (χ1v) is 7.33. The van der Waals surface area contributed by atoms with E-state index in [1.54, 1.807) is 46.0 Å². The van der Waals surface area contributed by atoms with Crippen LogP contribution in [0.1, 0.15) is 31.1 Å². The third-order valence-electron chi connectivity index (χ3n) is 3.32. The Kier molecular flexibility index (Phi) is 5.78. The molecule has 21 heavy (non-hydrogen) atoms. The molecule has 0 fully saturated rings. The van der Waals surface area contributed by atoms with E-state index >= 15 is 0 Å². The monoisotopic (exact) mass is 357 g/mol. The minimum Gasteiger partial charge on any atom is -0.497 e. The topological polar surface area (TPSA) is 55.8 Å². The van der Waals surface area contributed by atoms with Gasteiger partial charge in [0.25, 0.3) is 5.91 Å². The van der Waals surface area contributed by atoms with E-state index in [0.717, 1.165) is 0 Å². The molecule has 6 heteroatoms. The number of amides is 1. The SMILES string of the molecule is CCOC(=O)C(C)(C)N(C)C(=O)c1cc(OC)ccc1Br. The van der Waals surface area contributed by atoms with E-state index in [2.05, 4.69) is 15.9 Å². The van der Waals surface area contributed by atoms with Crippen molar-refractivity contribution < 1.29 is 19.1 Å². The van der Waals surface area contributed by atoms with E-state index in [1.807, 2.05) is 0 Å². The van der Waals surface area contributed by atoms with Gasteiger partial charge in [0.15, 0.2) is 0 Å². The summed E-state index contributed by atoms with van der Waals surface area (Å²) in [6.45, 7) is 5.30. The van der Waals surface area contributed by atoms with Crippen LogP contribution in [0.15, 0.2) is 22.7 Å². The summed E-state index contributed by atoms with van der Waals surface area (Å²) >= 11 is 3.34. The number of methoxy groups -OCH3 is 1. The Morgan fingerprint density at radius 1 is 1.33 bits per heavy atom. The number of halogens is 1. The zero-order valence-corrected chi connectivity index (χ0v) is 14.5. The van der Waals surface area contributed by atoms with Crippen LogP contribution >= 0.6 is 15.9 Å². The van der Waals surface area contributed by atoms with Gasteiger partial charge >= 0.3 is 5.97 Å². The Morgan fingerprint density at radius 2 is 1.95 bits per heavy atom. The molecule has 0 saturated carbocycles. The molecule has 0 aromatic heterocycles. The average Bonchev–Trinajstić information content (AvgIpc) is 2.46. The average molecular weight is 358 g/mol. The normalized spacial score (nSPS) is 11.0. The second-order valence-electron chi connectivity index (χ2n) is 4.99. The Bertz CT molecular complexity index is 542. The van der Waals surface area contributed by atoms with Crippen molar-refractivity contribution in [1.29, 1.82) is 0 Å².